The second-order valence-electron chi connectivity index (χ2n) is 10.6. The topological polar surface area (TPSA) is 91.6 Å². The van der Waals surface area contributed by atoms with Crippen LogP contribution in [-0.4, -0.2) is 56.6 Å². The Balaban J connectivity index is 1.42. The van der Waals surface area contributed by atoms with Crippen LogP contribution < -0.4 is 10.6 Å². The molecule has 38 heavy (non-hydrogen) atoms. The Labute approximate surface area is 225 Å². The summed E-state index contributed by atoms with van der Waals surface area (Å²) < 4.78 is 14.9. The lowest BCUT2D eigenvalue weighted by Gasteiger charge is -2.48. The molecule has 2 fully saturated rings. The summed E-state index contributed by atoms with van der Waals surface area (Å²) in [4.78, 5) is 38.7. The Morgan fingerprint density at radius 2 is 1.74 bits per heavy atom. The molecule has 2 saturated heterocycles. The summed E-state index contributed by atoms with van der Waals surface area (Å²) >= 11 is 6.07. The molecule has 3 aromatic rings. The van der Waals surface area contributed by atoms with Gasteiger partial charge in [-0.3, -0.25) is 9.78 Å². The fourth-order valence-corrected chi connectivity index (χ4v) is 6.09. The number of anilines is 1. The zero-order chi connectivity index (χ0) is 27.2. The third-order valence-electron chi connectivity index (χ3n) is 8.16. The number of pyridine rings is 1. The summed E-state index contributed by atoms with van der Waals surface area (Å²) in [6.45, 7) is 5.42. The lowest BCUT2D eigenvalue weighted by Crippen LogP contribution is -2.57. The number of nitrogens with zero attached hydrogens (tertiary/aromatic N) is 5. The maximum atomic E-state index is 14.1. The molecule has 0 radical (unpaired) electrons. The number of carbonyl (C=O) groups is 1. The van der Waals surface area contributed by atoms with E-state index in [0.29, 0.717) is 42.6 Å². The maximum absolute atomic E-state index is 14.1. The first kappa shape index (κ1) is 26.3. The molecule has 0 aliphatic carbocycles. The number of carbonyl (C=O) groups excluding carboxylic acids is 1. The normalized spacial score (nSPS) is 27.5. The summed E-state index contributed by atoms with van der Waals surface area (Å²) in [6.07, 6.45) is 3.24. The van der Waals surface area contributed by atoms with Crippen molar-refractivity contribution in [3.63, 3.8) is 0 Å². The van der Waals surface area contributed by atoms with Crippen molar-refractivity contribution in [1.82, 2.24) is 19.4 Å². The first-order chi connectivity index (χ1) is 18.1. The number of benzene rings is 1. The molecule has 0 spiro atoms. The van der Waals surface area contributed by atoms with Crippen molar-refractivity contribution >= 4 is 23.3 Å². The van der Waals surface area contributed by atoms with Crippen LogP contribution in [0.2, 0.25) is 5.02 Å². The Kier molecular flexibility index (Phi) is 7.00. The molecule has 5 rings (SSSR count). The van der Waals surface area contributed by atoms with Gasteiger partial charge >= 0.3 is 5.69 Å². The molecule has 0 saturated carbocycles. The second-order valence-corrected chi connectivity index (χ2v) is 11.0. The van der Waals surface area contributed by atoms with Gasteiger partial charge in [0.25, 0.3) is 0 Å². The SMILES string of the molecule is C[C@@H]1CN(C(=O)[C@H]2CN(c3ccn(C)c(=O)n3)C[C@H]2c2ccc(Cl)cn2)C[C@H](C)C1(O)c1ccc(F)cc1. The number of piperidine rings is 1. The van der Waals surface area contributed by atoms with E-state index in [-0.39, 0.29) is 35.2 Å². The highest BCUT2D eigenvalue weighted by Crippen LogP contribution is 2.43. The van der Waals surface area contributed by atoms with Crippen molar-refractivity contribution < 1.29 is 14.3 Å². The molecule has 2 aliphatic rings. The number of aromatic nitrogens is 3. The van der Waals surface area contributed by atoms with Gasteiger partial charge in [-0.15, -0.1) is 0 Å². The zero-order valence-electron chi connectivity index (χ0n) is 21.6. The number of likely N-dealkylation sites (tertiary alicyclic amines) is 1. The van der Waals surface area contributed by atoms with E-state index in [0.717, 1.165) is 5.69 Å². The molecule has 1 aromatic carbocycles. The Morgan fingerprint density at radius 1 is 1.05 bits per heavy atom. The van der Waals surface area contributed by atoms with Crippen LogP contribution in [-0.2, 0) is 17.4 Å². The van der Waals surface area contributed by atoms with Gasteiger partial charge in [-0.2, -0.15) is 4.98 Å². The third-order valence-corrected chi connectivity index (χ3v) is 8.38. The van der Waals surface area contributed by atoms with Gasteiger partial charge in [0.2, 0.25) is 5.91 Å². The minimum atomic E-state index is -1.18. The largest absolute Gasteiger partial charge is 0.384 e. The average molecular weight is 540 g/mol. The molecule has 1 N–H and O–H groups in total. The van der Waals surface area contributed by atoms with Crippen LogP contribution in [0.3, 0.4) is 0 Å². The second kappa shape index (κ2) is 10.1. The van der Waals surface area contributed by atoms with Crippen molar-refractivity contribution in [3.05, 3.63) is 87.4 Å². The van der Waals surface area contributed by atoms with Crippen molar-refractivity contribution in [3.8, 4) is 0 Å². The fraction of sp³-hybridized carbons (Fsp3) is 0.429. The van der Waals surface area contributed by atoms with E-state index in [9.17, 15) is 19.1 Å². The van der Waals surface area contributed by atoms with E-state index in [4.69, 9.17) is 11.6 Å². The number of aryl methyl sites for hydroxylation is 1. The van der Waals surface area contributed by atoms with Crippen molar-refractivity contribution in [1.29, 1.82) is 0 Å². The summed E-state index contributed by atoms with van der Waals surface area (Å²) in [7, 11) is 1.64. The third kappa shape index (κ3) is 4.69. The molecule has 1 unspecified atom stereocenters. The Hall–Kier alpha value is -3.30. The van der Waals surface area contributed by atoms with Gasteiger partial charge in [-0.1, -0.05) is 37.6 Å². The quantitative estimate of drug-likeness (QED) is 0.547. The molecule has 8 nitrogen and oxygen atoms in total. The molecular weight excluding hydrogens is 509 g/mol. The average Bonchev–Trinajstić information content (AvgIpc) is 3.34. The molecule has 4 heterocycles. The van der Waals surface area contributed by atoms with Crippen LogP contribution in [0.25, 0.3) is 0 Å². The molecule has 200 valence electrons. The van der Waals surface area contributed by atoms with E-state index in [2.05, 4.69) is 9.97 Å². The highest BCUT2D eigenvalue weighted by atomic mass is 35.5. The van der Waals surface area contributed by atoms with Gasteiger partial charge in [-0.25, -0.2) is 9.18 Å². The van der Waals surface area contributed by atoms with E-state index in [1.165, 1.54) is 16.7 Å². The highest BCUT2D eigenvalue weighted by molar-refractivity contribution is 6.30. The predicted molar refractivity (Wildman–Crippen MR) is 142 cm³/mol. The predicted octanol–water partition coefficient (Wildman–Crippen LogP) is 3.19. The minimum Gasteiger partial charge on any atom is -0.384 e. The van der Waals surface area contributed by atoms with Crippen LogP contribution in [0.1, 0.15) is 31.0 Å². The molecule has 5 atom stereocenters. The lowest BCUT2D eigenvalue weighted by atomic mass is 9.70. The number of halogens is 2. The fourth-order valence-electron chi connectivity index (χ4n) is 5.98. The van der Waals surface area contributed by atoms with E-state index >= 15 is 0 Å². The smallest absolute Gasteiger partial charge is 0.349 e. The Bertz CT molecular complexity index is 1370. The number of hydrogen-bond donors (Lipinski definition) is 1. The summed E-state index contributed by atoms with van der Waals surface area (Å²) in [5.41, 5.74) is -0.146. The maximum Gasteiger partial charge on any atom is 0.349 e. The number of amides is 1. The highest BCUT2D eigenvalue weighted by Gasteiger charge is 2.49. The monoisotopic (exact) mass is 539 g/mol. The number of rotatable bonds is 4. The van der Waals surface area contributed by atoms with Crippen molar-refractivity contribution in [2.45, 2.75) is 25.4 Å². The molecule has 0 bridgehead atoms. The van der Waals surface area contributed by atoms with Crippen LogP contribution in [0.15, 0.2) is 59.7 Å². The van der Waals surface area contributed by atoms with Crippen LogP contribution in [0.5, 0.6) is 0 Å². The Morgan fingerprint density at radius 3 is 2.34 bits per heavy atom. The van der Waals surface area contributed by atoms with E-state index < -0.39 is 11.5 Å². The van der Waals surface area contributed by atoms with Gasteiger partial charge in [0.05, 0.1) is 16.5 Å². The van der Waals surface area contributed by atoms with E-state index in [1.54, 1.807) is 43.7 Å². The number of aliphatic hydroxyl groups is 1. The van der Waals surface area contributed by atoms with Gasteiger partial charge in [0, 0.05) is 69.1 Å². The molecule has 1 amide bonds. The lowest BCUT2D eigenvalue weighted by molar-refractivity contribution is -0.152. The summed E-state index contributed by atoms with van der Waals surface area (Å²) in [5.74, 6) is -1.07. The number of hydrogen-bond acceptors (Lipinski definition) is 6. The van der Waals surface area contributed by atoms with Gasteiger partial charge in [0.15, 0.2) is 0 Å². The zero-order valence-corrected chi connectivity index (χ0v) is 22.3. The molecular formula is C28H31ClFN5O3. The van der Waals surface area contributed by atoms with Crippen molar-refractivity contribution in [2.24, 2.45) is 24.8 Å². The van der Waals surface area contributed by atoms with Gasteiger partial charge in [-0.05, 0) is 35.9 Å². The van der Waals surface area contributed by atoms with Gasteiger partial charge in [0.1, 0.15) is 11.6 Å². The molecule has 2 aromatic heterocycles. The first-order valence-electron chi connectivity index (χ1n) is 12.7. The van der Waals surface area contributed by atoms with E-state index in [1.807, 2.05) is 29.7 Å². The van der Waals surface area contributed by atoms with Crippen LogP contribution >= 0.6 is 11.6 Å². The summed E-state index contributed by atoms with van der Waals surface area (Å²) in [5, 5.41) is 12.2. The molecule has 2 aliphatic heterocycles. The minimum absolute atomic E-state index is 0.0297. The molecule has 10 heteroatoms. The summed E-state index contributed by atoms with van der Waals surface area (Å²) in [6, 6.07) is 11.3. The van der Waals surface area contributed by atoms with Gasteiger partial charge < -0.3 is 19.5 Å². The first-order valence-corrected chi connectivity index (χ1v) is 13.1. The van der Waals surface area contributed by atoms with Crippen molar-refractivity contribution in [2.75, 3.05) is 31.1 Å². The van der Waals surface area contributed by atoms with Crippen LogP contribution in [0, 0.1) is 23.6 Å². The standard InChI is InChI=1S/C28H31ClFN5O3/c1-17-13-35(14-18(2)28(17,38)19-4-7-21(30)8-5-19)26(36)23-16-34(25-10-11-33(3)27(37)32-25)15-22(23)24-9-6-20(29)12-31-24/h4-12,17-18,22-23,38H,13-16H2,1-3H3/t17-,18+,22-,23+,28?/m1/s1. The van der Waals surface area contributed by atoms with Crippen LogP contribution in [0.4, 0.5) is 10.2 Å².